The number of piperidine rings is 1. The van der Waals surface area contributed by atoms with E-state index in [0.29, 0.717) is 6.04 Å². The van der Waals surface area contributed by atoms with Crippen molar-refractivity contribution in [3.63, 3.8) is 0 Å². The van der Waals surface area contributed by atoms with Crippen LogP contribution in [0.4, 0.5) is 0 Å². The molecule has 1 saturated heterocycles. The normalized spacial score (nSPS) is 22.9. The highest BCUT2D eigenvalue weighted by atomic mass is 15.1. The Bertz CT molecular complexity index is 286. The van der Waals surface area contributed by atoms with Crippen molar-refractivity contribution < 1.29 is 0 Å². The van der Waals surface area contributed by atoms with Crippen LogP contribution in [-0.4, -0.2) is 35.6 Å². The summed E-state index contributed by atoms with van der Waals surface area (Å²) in [5, 5.41) is 0. The quantitative estimate of drug-likeness (QED) is 0.802. The number of hydrogen-bond donors (Lipinski definition) is 1. The van der Waals surface area contributed by atoms with Crippen LogP contribution < -0.4 is 5.73 Å². The fraction of sp³-hybridized carbons (Fsp3) is 0.583. The summed E-state index contributed by atoms with van der Waals surface area (Å²) in [7, 11) is 0. The number of nitrogens with zero attached hydrogens (tertiary/aromatic N) is 2. The van der Waals surface area contributed by atoms with Crippen molar-refractivity contribution in [1.29, 1.82) is 0 Å². The molecule has 1 aliphatic heterocycles. The van der Waals surface area contributed by atoms with Crippen LogP contribution >= 0.6 is 0 Å². The lowest BCUT2D eigenvalue weighted by Gasteiger charge is -2.30. The van der Waals surface area contributed by atoms with E-state index in [9.17, 15) is 0 Å². The van der Waals surface area contributed by atoms with Crippen molar-refractivity contribution in [3.8, 4) is 0 Å². The molecule has 0 radical (unpaired) electrons. The number of rotatable bonds is 3. The van der Waals surface area contributed by atoms with Crippen LogP contribution in [0, 0.1) is 0 Å². The number of hydrogen-bond acceptors (Lipinski definition) is 3. The zero-order valence-corrected chi connectivity index (χ0v) is 9.10. The minimum atomic E-state index is 0.377. The molecule has 3 heteroatoms. The fourth-order valence-corrected chi connectivity index (χ4v) is 2.11. The van der Waals surface area contributed by atoms with Gasteiger partial charge in [-0.05, 0) is 31.5 Å². The predicted octanol–water partition coefficient (Wildman–Crippen LogP) is 1.05. The standard InChI is InChI=1S/C12H19N3/c13-11-4-3-8-15(10-11)9-6-12-5-1-2-7-14-12/h1-2,5,7,11H,3-4,6,8-10,13H2. The zero-order chi connectivity index (χ0) is 10.5. The third-order valence-electron chi connectivity index (χ3n) is 2.95. The van der Waals surface area contributed by atoms with Crippen LogP contribution in [0.3, 0.4) is 0 Å². The highest BCUT2D eigenvalue weighted by Gasteiger charge is 2.15. The van der Waals surface area contributed by atoms with Gasteiger partial charge in [0.25, 0.3) is 0 Å². The summed E-state index contributed by atoms with van der Waals surface area (Å²) < 4.78 is 0. The highest BCUT2D eigenvalue weighted by molar-refractivity contribution is 5.03. The third kappa shape index (κ3) is 3.29. The maximum atomic E-state index is 5.94. The molecule has 0 aromatic carbocycles. The SMILES string of the molecule is NC1CCCN(CCc2ccccn2)C1. The van der Waals surface area contributed by atoms with Gasteiger partial charge in [0.05, 0.1) is 0 Å². The molecular formula is C12H19N3. The van der Waals surface area contributed by atoms with Gasteiger partial charge in [-0.25, -0.2) is 0 Å². The van der Waals surface area contributed by atoms with Crippen LogP contribution in [-0.2, 0) is 6.42 Å². The van der Waals surface area contributed by atoms with Gasteiger partial charge >= 0.3 is 0 Å². The summed E-state index contributed by atoms with van der Waals surface area (Å²) in [6.07, 6.45) is 5.31. The van der Waals surface area contributed by atoms with Crippen LogP contribution in [0.1, 0.15) is 18.5 Å². The Morgan fingerprint density at radius 3 is 3.13 bits per heavy atom. The molecule has 1 aliphatic rings. The van der Waals surface area contributed by atoms with Gasteiger partial charge in [-0.15, -0.1) is 0 Å². The van der Waals surface area contributed by atoms with Gasteiger partial charge in [0.2, 0.25) is 0 Å². The molecule has 1 atom stereocenters. The van der Waals surface area contributed by atoms with Crippen LogP contribution in [0.2, 0.25) is 0 Å². The summed E-state index contributed by atoms with van der Waals surface area (Å²) in [5.41, 5.74) is 7.11. The molecular weight excluding hydrogens is 186 g/mol. The second kappa shape index (κ2) is 5.24. The molecule has 0 spiro atoms. The van der Waals surface area contributed by atoms with Crippen molar-refractivity contribution in [3.05, 3.63) is 30.1 Å². The Hall–Kier alpha value is -0.930. The molecule has 2 N–H and O–H groups in total. The molecule has 15 heavy (non-hydrogen) atoms. The predicted molar refractivity (Wildman–Crippen MR) is 61.6 cm³/mol. The Kier molecular flexibility index (Phi) is 3.69. The lowest BCUT2D eigenvalue weighted by Crippen LogP contribution is -2.43. The maximum Gasteiger partial charge on any atom is 0.0416 e. The number of aromatic nitrogens is 1. The van der Waals surface area contributed by atoms with Gasteiger partial charge in [0.1, 0.15) is 0 Å². The lowest BCUT2D eigenvalue weighted by atomic mass is 10.1. The number of nitrogens with two attached hydrogens (primary N) is 1. The molecule has 2 rings (SSSR count). The van der Waals surface area contributed by atoms with Crippen molar-refractivity contribution in [2.45, 2.75) is 25.3 Å². The molecule has 0 saturated carbocycles. The molecule has 1 fully saturated rings. The Morgan fingerprint density at radius 1 is 1.47 bits per heavy atom. The minimum Gasteiger partial charge on any atom is -0.327 e. The Balaban J connectivity index is 1.78. The molecule has 0 bridgehead atoms. The molecule has 2 heterocycles. The van der Waals surface area contributed by atoms with Crippen LogP contribution in [0.15, 0.2) is 24.4 Å². The molecule has 1 aromatic heterocycles. The number of pyridine rings is 1. The van der Waals surface area contributed by atoms with E-state index in [4.69, 9.17) is 5.73 Å². The Labute approximate surface area is 91.3 Å². The van der Waals surface area contributed by atoms with Crippen LogP contribution in [0.5, 0.6) is 0 Å². The van der Waals surface area contributed by atoms with Gasteiger partial charge in [-0.3, -0.25) is 4.98 Å². The van der Waals surface area contributed by atoms with Gasteiger partial charge in [-0.2, -0.15) is 0 Å². The van der Waals surface area contributed by atoms with Crippen molar-refractivity contribution >= 4 is 0 Å². The average molecular weight is 205 g/mol. The highest BCUT2D eigenvalue weighted by Crippen LogP contribution is 2.08. The summed E-state index contributed by atoms with van der Waals surface area (Å²) >= 11 is 0. The first-order chi connectivity index (χ1) is 7.34. The van der Waals surface area contributed by atoms with Gasteiger partial charge in [-0.1, -0.05) is 6.07 Å². The van der Waals surface area contributed by atoms with E-state index >= 15 is 0 Å². The first kappa shape index (κ1) is 10.6. The Morgan fingerprint density at radius 2 is 2.40 bits per heavy atom. The zero-order valence-electron chi connectivity index (χ0n) is 9.10. The first-order valence-corrected chi connectivity index (χ1v) is 5.72. The monoisotopic (exact) mass is 205 g/mol. The van der Waals surface area contributed by atoms with E-state index in [1.165, 1.54) is 25.1 Å². The van der Waals surface area contributed by atoms with Gasteiger partial charge < -0.3 is 10.6 Å². The van der Waals surface area contributed by atoms with Crippen molar-refractivity contribution in [2.24, 2.45) is 5.73 Å². The van der Waals surface area contributed by atoms with E-state index < -0.39 is 0 Å². The molecule has 3 nitrogen and oxygen atoms in total. The van der Waals surface area contributed by atoms with E-state index in [-0.39, 0.29) is 0 Å². The molecule has 1 unspecified atom stereocenters. The smallest absolute Gasteiger partial charge is 0.0416 e. The number of likely N-dealkylation sites (tertiary alicyclic amines) is 1. The topological polar surface area (TPSA) is 42.1 Å². The average Bonchev–Trinajstić information content (AvgIpc) is 2.28. The summed E-state index contributed by atoms with van der Waals surface area (Å²) in [4.78, 5) is 6.77. The minimum absolute atomic E-state index is 0.377. The summed E-state index contributed by atoms with van der Waals surface area (Å²) in [6, 6.07) is 6.47. The fourth-order valence-electron chi connectivity index (χ4n) is 2.11. The van der Waals surface area contributed by atoms with Crippen molar-refractivity contribution in [2.75, 3.05) is 19.6 Å². The molecule has 1 aromatic rings. The second-order valence-electron chi connectivity index (χ2n) is 4.27. The third-order valence-corrected chi connectivity index (χ3v) is 2.95. The van der Waals surface area contributed by atoms with Gasteiger partial charge in [0.15, 0.2) is 0 Å². The van der Waals surface area contributed by atoms with Crippen molar-refractivity contribution in [1.82, 2.24) is 9.88 Å². The summed E-state index contributed by atoms with van der Waals surface area (Å²) in [6.45, 7) is 3.33. The molecule has 82 valence electrons. The lowest BCUT2D eigenvalue weighted by molar-refractivity contribution is 0.211. The molecule has 0 aliphatic carbocycles. The van der Waals surface area contributed by atoms with Gasteiger partial charge in [0, 0.05) is 37.4 Å². The maximum absolute atomic E-state index is 5.94. The summed E-state index contributed by atoms with van der Waals surface area (Å²) in [5.74, 6) is 0. The van der Waals surface area contributed by atoms with E-state index in [1.54, 1.807) is 0 Å². The largest absolute Gasteiger partial charge is 0.327 e. The van der Waals surface area contributed by atoms with Crippen LogP contribution in [0.25, 0.3) is 0 Å². The van der Waals surface area contributed by atoms with E-state index in [1.807, 2.05) is 18.3 Å². The molecule has 0 amide bonds. The first-order valence-electron chi connectivity index (χ1n) is 5.72. The van der Waals surface area contributed by atoms with E-state index in [2.05, 4.69) is 16.0 Å². The van der Waals surface area contributed by atoms with E-state index in [0.717, 1.165) is 19.5 Å². The second-order valence-corrected chi connectivity index (χ2v) is 4.27.